The molecule has 0 bridgehead atoms. The lowest BCUT2D eigenvalue weighted by Crippen LogP contribution is -2.43. The molecule has 2 aliphatic heterocycles. The van der Waals surface area contributed by atoms with Gasteiger partial charge in [0.2, 0.25) is 0 Å². The molecule has 196 valence electrons. The Hall–Kier alpha value is -3.09. The van der Waals surface area contributed by atoms with Crippen molar-refractivity contribution in [2.45, 2.75) is 44.2 Å². The van der Waals surface area contributed by atoms with E-state index in [-0.39, 0.29) is 36.0 Å². The van der Waals surface area contributed by atoms with E-state index < -0.39 is 0 Å². The summed E-state index contributed by atoms with van der Waals surface area (Å²) < 4.78 is 24.7. The average molecular weight is 525 g/mol. The predicted molar refractivity (Wildman–Crippen MR) is 146 cm³/mol. The number of para-hydroxylation sites is 1. The number of hydrogen-bond acceptors (Lipinski definition) is 5. The van der Waals surface area contributed by atoms with Gasteiger partial charge in [-0.15, -0.1) is 12.4 Å². The molecule has 0 aromatic heterocycles. The Morgan fingerprint density at radius 3 is 2.49 bits per heavy atom. The molecule has 3 aromatic rings. The largest absolute Gasteiger partial charge is 0.489 e. The monoisotopic (exact) mass is 524 g/mol. The second-order valence-corrected chi connectivity index (χ2v) is 9.89. The van der Waals surface area contributed by atoms with E-state index in [1.54, 1.807) is 12.1 Å². The molecule has 1 N–H and O–H groups in total. The van der Waals surface area contributed by atoms with E-state index in [0.29, 0.717) is 24.3 Å². The first kappa shape index (κ1) is 27.0. The van der Waals surface area contributed by atoms with Gasteiger partial charge in [0.25, 0.3) is 0 Å². The van der Waals surface area contributed by atoms with E-state index >= 15 is 0 Å². The van der Waals surface area contributed by atoms with Crippen molar-refractivity contribution in [3.8, 4) is 5.75 Å². The van der Waals surface area contributed by atoms with Gasteiger partial charge in [0.05, 0.1) is 7.11 Å². The molecule has 1 fully saturated rings. The highest BCUT2D eigenvalue weighted by molar-refractivity contribution is 5.85. The molecule has 7 heteroatoms. The summed E-state index contributed by atoms with van der Waals surface area (Å²) in [7, 11) is 1.33. The number of methoxy groups -OCH3 is 1. The molecule has 2 heterocycles. The third-order valence-electron chi connectivity index (χ3n) is 7.61. The maximum Gasteiger partial charge on any atom is 0.305 e. The average Bonchev–Trinajstić information content (AvgIpc) is 3.27. The van der Waals surface area contributed by atoms with Crippen molar-refractivity contribution >= 4 is 24.1 Å². The summed E-state index contributed by atoms with van der Waals surface area (Å²) >= 11 is 0. The fourth-order valence-electron chi connectivity index (χ4n) is 5.37. The first-order valence-corrected chi connectivity index (χ1v) is 12.7. The summed E-state index contributed by atoms with van der Waals surface area (Å²) in [6, 6.07) is 22.0. The molecule has 3 aromatic carbocycles. The first-order valence-electron chi connectivity index (χ1n) is 12.7. The Morgan fingerprint density at radius 1 is 1.03 bits per heavy atom. The van der Waals surface area contributed by atoms with Crippen LogP contribution in [0.5, 0.6) is 5.75 Å². The van der Waals surface area contributed by atoms with E-state index in [9.17, 15) is 9.18 Å². The van der Waals surface area contributed by atoms with E-state index in [1.807, 2.05) is 0 Å². The number of piperidine rings is 1. The molecule has 1 saturated heterocycles. The van der Waals surface area contributed by atoms with Gasteiger partial charge >= 0.3 is 5.97 Å². The first-order chi connectivity index (χ1) is 17.5. The Balaban J connectivity index is 0.00000320. The van der Waals surface area contributed by atoms with Gasteiger partial charge in [-0.3, -0.25) is 9.69 Å². The molecule has 0 amide bonds. The number of nitrogens with one attached hydrogen (secondary N) is 1. The number of benzene rings is 3. The number of carbonyl (C=O) groups excluding carboxylic acids is 1. The van der Waals surface area contributed by atoms with Crippen molar-refractivity contribution in [1.29, 1.82) is 0 Å². The van der Waals surface area contributed by atoms with Crippen LogP contribution in [0.15, 0.2) is 66.7 Å². The van der Waals surface area contributed by atoms with Crippen molar-refractivity contribution in [2.24, 2.45) is 0 Å². The Bertz CT molecular complexity index is 1210. The van der Waals surface area contributed by atoms with Crippen molar-refractivity contribution in [1.82, 2.24) is 4.90 Å². The van der Waals surface area contributed by atoms with Crippen LogP contribution >= 0.6 is 12.4 Å². The van der Waals surface area contributed by atoms with Crippen molar-refractivity contribution < 1.29 is 18.7 Å². The van der Waals surface area contributed by atoms with E-state index in [0.717, 1.165) is 31.7 Å². The molecule has 0 aliphatic carbocycles. The van der Waals surface area contributed by atoms with Gasteiger partial charge in [-0.25, -0.2) is 4.39 Å². The van der Waals surface area contributed by atoms with Crippen LogP contribution in [0.1, 0.15) is 41.5 Å². The topological polar surface area (TPSA) is 50.8 Å². The number of esters is 1. The number of likely N-dealkylation sites (tertiary alicyclic amines) is 1. The van der Waals surface area contributed by atoms with Crippen molar-refractivity contribution in [3.63, 3.8) is 0 Å². The minimum atomic E-state index is -0.369. The van der Waals surface area contributed by atoms with Gasteiger partial charge in [-0.2, -0.15) is 0 Å². The van der Waals surface area contributed by atoms with Crippen molar-refractivity contribution in [2.75, 3.05) is 32.1 Å². The Kier molecular flexibility index (Phi) is 8.72. The molecule has 5 nitrogen and oxygen atoms in total. The number of nitrogens with zero attached hydrogens (tertiary/aromatic N) is 1. The Morgan fingerprint density at radius 2 is 1.76 bits per heavy atom. The summed E-state index contributed by atoms with van der Waals surface area (Å²) in [4.78, 5) is 13.8. The van der Waals surface area contributed by atoms with E-state index in [2.05, 4.69) is 63.5 Å². The maximum atomic E-state index is 14.3. The quantitative estimate of drug-likeness (QED) is 0.372. The zero-order valence-electron chi connectivity index (χ0n) is 21.2. The number of carbonyl (C=O) groups is 1. The molecular formula is C30H34ClFN2O3. The standard InChI is InChI=1S/C30H33FN2O3.ClH/c1-35-29(34)13-11-24-10-12-25(18-27(24)31)36-20-23-8-6-22(7-9-23)19-33-16-14-30(15-17-33)21-32-28-5-3-2-4-26(28)30;/h2-10,12,18,32H,11,13-17,19-21H2,1H3;1H. The van der Waals surface area contributed by atoms with Crippen LogP contribution in [0, 0.1) is 5.82 Å². The summed E-state index contributed by atoms with van der Waals surface area (Å²) in [6.45, 7) is 4.57. The van der Waals surface area contributed by atoms with Crippen molar-refractivity contribution in [3.05, 3.63) is 94.8 Å². The molecule has 1 spiro atoms. The molecule has 0 unspecified atom stereocenters. The number of halogens is 2. The molecule has 2 aliphatic rings. The summed E-state index contributed by atoms with van der Waals surface area (Å²) in [6.07, 6.45) is 2.83. The SMILES string of the molecule is COC(=O)CCc1ccc(OCc2ccc(CN3CCC4(CC3)CNc3ccccc34)cc2)cc1F.Cl. The van der Waals surface area contributed by atoms with Gasteiger partial charge in [0, 0.05) is 36.7 Å². The summed E-state index contributed by atoms with van der Waals surface area (Å²) in [5, 5.41) is 3.60. The molecule has 0 atom stereocenters. The minimum absolute atomic E-state index is 0. The number of ether oxygens (including phenoxy) is 2. The number of fused-ring (bicyclic) bond motifs is 2. The van der Waals surface area contributed by atoms with E-state index in [4.69, 9.17) is 4.74 Å². The molecular weight excluding hydrogens is 491 g/mol. The van der Waals surface area contributed by atoms with Gasteiger partial charge in [0.1, 0.15) is 18.2 Å². The number of aryl methyl sites for hydroxylation is 1. The smallest absolute Gasteiger partial charge is 0.305 e. The van der Waals surface area contributed by atoms with Crippen LogP contribution in [0.3, 0.4) is 0 Å². The fourth-order valence-corrected chi connectivity index (χ4v) is 5.37. The van der Waals surface area contributed by atoms with E-state index in [1.165, 1.54) is 42.8 Å². The van der Waals surface area contributed by atoms with Gasteiger partial charge < -0.3 is 14.8 Å². The molecule has 0 saturated carbocycles. The maximum absolute atomic E-state index is 14.3. The normalized spacial score (nSPS) is 15.9. The van der Waals surface area contributed by atoms with Gasteiger partial charge in [-0.1, -0.05) is 48.5 Å². The number of anilines is 1. The fraction of sp³-hybridized carbons (Fsp3) is 0.367. The summed E-state index contributed by atoms with van der Waals surface area (Å²) in [5.74, 6) is -0.241. The van der Waals surface area contributed by atoms with Crippen LogP contribution < -0.4 is 10.1 Å². The highest BCUT2D eigenvalue weighted by Crippen LogP contribution is 2.43. The van der Waals surface area contributed by atoms with Crippen LogP contribution in [0.2, 0.25) is 0 Å². The van der Waals surface area contributed by atoms with Crippen LogP contribution in [-0.2, 0) is 34.5 Å². The molecule has 0 radical (unpaired) electrons. The minimum Gasteiger partial charge on any atom is -0.489 e. The third-order valence-corrected chi connectivity index (χ3v) is 7.61. The molecule has 5 rings (SSSR count). The molecule has 37 heavy (non-hydrogen) atoms. The summed E-state index contributed by atoms with van der Waals surface area (Å²) in [5.41, 5.74) is 5.90. The zero-order valence-corrected chi connectivity index (χ0v) is 22.0. The lowest BCUT2D eigenvalue weighted by Gasteiger charge is -2.39. The highest BCUT2D eigenvalue weighted by atomic mass is 35.5. The predicted octanol–water partition coefficient (Wildman–Crippen LogP) is 5.89. The highest BCUT2D eigenvalue weighted by Gasteiger charge is 2.41. The van der Waals surface area contributed by atoms with Gasteiger partial charge in [-0.05, 0) is 66.7 Å². The van der Waals surface area contributed by atoms with Crippen LogP contribution in [0.4, 0.5) is 10.1 Å². The lowest BCUT2D eigenvalue weighted by atomic mass is 9.74. The zero-order chi connectivity index (χ0) is 25.0. The Labute approximate surface area is 224 Å². The van der Waals surface area contributed by atoms with Gasteiger partial charge in [0.15, 0.2) is 0 Å². The number of hydrogen-bond donors (Lipinski definition) is 1. The lowest BCUT2D eigenvalue weighted by molar-refractivity contribution is -0.140. The van der Waals surface area contributed by atoms with Crippen LogP contribution in [0.25, 0.3) is 0 Å². The number of rotatable bonds is 8. The second kappa shape index (κ2) is 12.0. The second-order valence-electron chi connectivity index (χ2n) is 9.89. The van der Waals surface area contributed by atoms with Crippen LogP contribution in [-0.4, -0.2) is 37.6 Å². The third kappa shape index (κ3) is 6.25.